The molecule has 7 nitrogen and oxygen atoms in total. The van der Waals surface area contributed by atoms with Crippen molar-refractivity contribution >= 4 is 27.5 Å². The van der Waals surface area contributed by atoms with Crippen molar-refractivity contribution in [2.75, 3.05) is 18.9 Å². The highest BCUT2D eigenvalue weighted by atomic mass is 79.9. The minimum Gasteiger partial charge on any atom is -0.488 e. The molecule has 5 rings (SSSR count). The number of para-hydroxylation sites is 1. The second-order valence-electron chi connectivity index (χ2n) is 8.59. The number of fused-ring (bicyclic) bond motifs is 2. The highest BCUT2D eigenvalue weighted by Crippen LogP contribution is 2.52. The maximum Gasteiger partial charge on any atom is 0.256 e. The van der Waals surface area contributed by atoms with Crippen LogP contribution < -0.4 is 10.1 Å². The predicted molar refractivity (Wildman–Crippen MR) is 128 cm³/mol. The Balaban J connectivity index is 1.46. The van der Waals surface area contributed by atoms with Gasteiger partial charge in [-0.05, 0) is 64.4 Å². The standard InChI is InChI=1S/C25H21BrFN3O4/c1-29-13-18(23(30(32)33)25(29)19-4-2-3-5-21(19)28-24(25)31)16-8-11-22(20(26)12-16)34-14-15-6-9-17(27)10-7-15/h2-12,18,23H,13-14H2,1H3,(H,28,31)/t18-,23+,25-/m1/s1. The lowest BCUT2D eigenvalue weighted by atomic mass is 9.79. The van der Waals surface area contributed by atoms with E-state index in [1.807, 2.05) is 6.07 Å². The molecule has 1 saturated heterocycles. The van der Waals surface area contributed by atoms with Gasteiger partial charge in [-0.25, -0.2) is 4.39 Å². The van der Waals surface area contributed by atoms with Crippen LogP contribution in [0.1, 0.15) is 22.6 Å². The van der Waals surface area contributed by atoms with E-state index in [0.717, 1.165) is 11.1 Å². The lowest BCUT2D eigenvalue weighted by molar-refractivity contribution is -0.534. The van der Waals surface area contributed by atoms with Gasteiger partial charge in [-0.15, -0.1) is 0 Å². The van der Waals surface area contributed by atoms with Crippen molar-refractivity contribution in [3.05, 3.63) is 104 Å². The number of hydrogen-bond acceptors (Lipinski definition) is 5. The number of halogens is 2. The summed E-state index contributed by atoms with van der Waals surface area (Å²) < 4.78 is 19.6. The van der Waals surface area contributed by atoms with Gasteiger partial charge in [0.2, 0.25) is 0 Å². The topological polar surface area (TPSA) is 84.7 Å². The predicted octanol–water partition coefficient (Wildman–Crippen LogP) is 4.69. The lowest BCUT2D eigenvalue weighted by Crippen LogP contribution is -2.54. The molecule has 1 fully saturated rings. The van der Waals surface area contributed by atoms with Gasteiger partial charge < -0.3 is 10.1 Å². The average Bonchev–Trinajstić information content (AvgIpc) is 3.29. The summed E-state index contributed by atoms with van der Waals surface area (Å²) in [7, 11) is 1.76. The Hall–Kier alpha value is -3.30. The molecule has 1 amide bonds. The molecule has 34 heavy (non-hydrogen) atoms. The van der Waals surface area contributed by atoms with Crippen LogP contribution in [0.5, 0.6) is 5.75 Å². The summed E-state index contributed by atoms with van der Waals surface area (Å²) in [6.07, 6.45) is 0. The lowest BCUT2D eigenvalue weighted by Gasteiger charge is -2.30. The van der Waals surface area contributed by atoms with Crippen molar-refractivity contribution in [3.63, 3.8) is 0 Å². The Morgan fingerprint density at radius 1 is 1.21 bits per heavy atom. The van der Waals surface area contributed by atoms with Crippen molar-refractivity contribution < 1.29 is 18.8 Å². The van der Waals surface area contributed by atoms with Crippen LogP contribution in [0.25, 0.3) is 0 Å². The first kappa shape index (κ1) is 22.5. The molecule has 2 heterocycles. The first-order chi connectivity index (χ1) is 16.3. The summed E-state index contributed by atoms with van der Waals surface area (Å²) in [5.74, 6) is -0.638. The Morgan fingerprint density at radius 2 is 1.94 bits per heavy atom. The van der Waals surface area contributed by atoms with Crippen molar-refractivity contribution in [3.8, 4) is 5.75 Å². The number of carbonyl (C=O) groups excluding carboxylic acids is 1. The number of nitrogens with zero attached hydrogens (tertiary/aromatic N) is 2. The molecule has 0 radical (unpaired) electrons. The number of ether oxygens (including phenoxy) is 1. The first-order valence-corrected chi connectivity index (χ1v) is 11.5. The molecule has 0 aromatic heterocycles. The van der Waals surface area contributed by atoms with Crippen LogP contribution in [-0.4, -0.2) is 35.4 Å². The van der Waals surface area contributed by atoms with E-state index < -0.39 is 17.5 Å². The zero-order valence-corrected chi connectivity index (χ0v) is 19.8. The van der Waals surface area contributed by atoms with Gasteiger partial charge in [-0.1, -0.05) is 36.4 Å². The van der Waals surface area contributed by atoms with Gasteiger partial charge in [0, 0.05) is 22.7 Å². The number of nitrogens with one attached hydrogen (secondary N) is 1. The van der Waals surface area contributed by atoms with Gasteiger partial charge in [-0.2, -0.15) is 0 Å². The third kappa shape index (κ3) is 3.47. The Bertz CT molecular complexity index is 1290. The van der Waals surface area contributed by atoms with Gasteiger partial charge in [0.25, 0.3) is 11.9 Å². The van der Waals surface area contributed by atoms with E-state index in [1.165, 1.54) is 12.1 Å². The number of anilines is 1. The molecule has 0 aliphatic carbocycles. The zero-order chi connectivity index (χ0) is 24.0. The van der Waals surface area contributed by atoms with Crippen molar-refractivity contribution in [1.82, 2.24) is 4.90 Å². The number of likely N-dealkylation sites (tertiary alicyclic amines) is 1. The maximum absolute atomic E-state index is 13.2. The largest absolute Gasteiger partial charge is 0.488 e. The Morgan fingerprint density at radius 3 is 2.65 bits per heavy atom. The molecule has 9 heteroatoms. The highest BCUT2D eigenvalue weighted by molar-refractivity contribution is 9.10. The summed E-state index contributed by atoms with van der Waals surface area (Å²) in [4.78, 5) is 27.1. The maximum atomic E-state index is 13.2. The summed E-state index contributed by atoms with van der Waals surface area (Å²) in [5.41, 5.74) is 1.41. The van der Waals surface area contributed by atoms with E-state index in [9.17, 15) is 19.3 Å². The molecule has 3 aromatic carbocycles. The zero-order valence-electron chi connectivity index (χ0n) is 18.2. The summed E-state index contributed by atoms with van der Waals surface area (Å²) in [6.45, 7) is 0.595. The molecule has 1 N–H and O–H groups in total. The molecule has 2 aliphatic rings. The Kier molecular flexibility index (Phi) is 5.61. The SMILES string of the molecule is CN1C[C@H](c2ccc(OCc3ccc(F)cc3)c(Br)c2)[C@H]([N+](=O)[O-])[C@]12C(=O)Nc1ccccc12. The van der Waals surface area contributed by atoms with Gasteiger partial charge in [0.15, 0.2) is 5.54 Å². The van der Waals surface area contributed by atoms with Crippen LogP contribution in [0.15, 0.2) is 71.2 Å². The highest BCUT2D eigenvalue weighted by Gasteiger charge is 2.68. The fourth-order valence-corrected chi connectivity index (χ4v) is 5.70. The van der Waals surface area contributed by atoms with E-state index in [4.69, 9.17) is 4.74 Å². The quantitative estimate of drug-likeness (QED) is 0.385. The van der Waals surface area contributed by atoms with E-state index in [2.05, 4.69) is 21.2 Å². The van der Waals surface area contributed by atoms with E-state index in [0.29, 0.717) is 28.0 Å². The van der Waals surface area contributed by atoms with Crippen LogP contribution in [0.4, 0.5) is 10.1 Å². The van der Waals surface area contributed by atoms with Gasteiger partial charge in [-0.3, -0.25) is 19.8 Å². The summed E-state index contributed by atoms with van der Waals surface area (Å²) in [6, 6.07) is 17.4. The fraction of sp³-hybridized carbons (Fsp3) is 0.240. The summed E-state index contributed by atoms with van der Waals surface area (Å²) >= 11 is 3.52. The average molecular weight is 526 g/mol. The molecule has 2 aliphatic heterocycles. The number of rotatable bonds is 5. The molecular formula is C25H21BrFN3O4. The second-order valence-corrected chi connectivity index (χ2v) is 9.44. The first-order valence-electron chi connectivity index (χ1n) is 10.7. The molecule has 1 spiro atoms. The fourth-order valence-electron chi connectivity index (χ4n) is 5.19. The summed E-state index contributed by atoms with van der Waals surface area (Å²) in [5, 5.41) is 15.3. The number of amides is 1. The van der Waals surface area contributed by atoms with E-state index in [1.54, 1.807) is 60.5 Å². The normalized spacial score (nSPS) is 23.7. The van der Waals surface area contributed by atoms with Gasteiger partial charge in [0.05, 0.1) is 10.4 Å². The van der Waals surface area contributed by atoms with Gasteiger partial charge in [0.1, 0.15) is 18.2 Å². The number of carbonyl (C=O) groups is 1. The van der Waals surface area contributed by atoms with Crippen LogP contribution >= 0.6 is 15.9 Å². The smallest absolute Gasteiger partial charge is 0.256 e. The number of benzene rings is 3. The minimum absolute atomic E-state index is 0.252. The molecule has 3 aromatic rings. The molecule has 3 atom stereocenters. The van der Waals surface area contributed by atoms with E-state index >= 15 is 0 Å². The third-order valence-electron chi connectivity index (χ3n) is 6.73. The molecule has 0 unspecified atom stereocenters. The van der Waals surface area contributed by atoms with E-state index in [-0.39, 0.29) is 23.3 Å². The number of nitro groups is 1. The van der Waals surface area contributed by atoms with Crippen molar-refractivity contribution in [2.45, 2.75) is 24.1 Å². The molecule has 0 bridgehead atoms. The molecular weight excluding hydrogens is 505 g/mol. The minimum atomic E-state index is -1.38. The molecule has 174 valence electrons. The third-order valence-corrected chi connectivity index (χ3v) is 7.35. The van der Waals surface area contributed by atoms with Crippen molar-refractivity contribution in [2.24, 2.45) is 0 Å². The monoisotopic (exact) mass is 525 g/mol. The van der Waals surface area contributed by atoms with Crippen molar-refractivity contribution in [1.29, 1.82) is 0 Å². The number of hydrogen-bond donors (Lipinski definition) is 1. The Labute approximate surface area is 203 Å². The van der Waals surface area contributed by atoms with Gasteiger partial charge >= 0.3 is 0 Å². The van der Waals surface area contributed by atoms with Crippen LogP contribution in [0, 0.1) is 15.9 Å². The van der Waals surface area contributed by atoms with Crippen LogP contribution in [0.2, 0.25) is 0 Å². The number of likely N-dealkylation sites (N-methyl/N-ethyl adjacent to an activating group) is 1. The molecule has 0 saturated carbocycles. The van der Waals surface area contributed by atoms with Crippen LogP contribution in [0.3, 0.4) is 0 Å². The van der Waals surface area contributed by atoms with Crippen LogP contribution in [-0.2, 0) is 16.9 Å². The second kappa shape index (κ2) is 8.48.